The highest BCUT2D eigenvalue weighted by atomic mass is 16.3. The van der Waals surface area contributed by atoms with E-state index >= 15 is 0 Å². The van der Waals surface area contributed by atoms with Crippen LogP contribution in [0.3, 0.4) is 0 Å². The minimum absolute atomic E-state index is 0.686. The molecule has 1 aromatic rings. The number of nitrogens with zero attached hydrogens (tertiary/aromatic N) is 1. The topological polar surface area (TPSA) is 33.1 Å². The summed E-state index contributed by atoms with van der Waals surface area (Å²) < 4.78 is 0. The largest absolute Gasteiger partial charge is 0.385 e. The lowest BCUT2D eigenvalue weighted by Crippen LogP contribution is -2.26. The molecular formula is C30H55NO. The summed E-state index contributed by atoms with van der Waals surface area (Å²) in [6.07, 6.45) is 32.2. The first kappa shape index (κ1) is 29.1. The van der Waals surface area contributed by atoms with Crippen molar-refractivity contribution in [1.82, 2.24) is 4.98 Å². The van der Waals surface area contributed by atoms with E-state index < -0.39 is 5.60 Å². The first-order chi connectivity index (χ1) is 15.7. The summed E-state index contributed by atoms with van der Waals surface area (Å²) in [5.41, 5.74) is 0.334. The first-order valence-electron chi connectivity index (χ1n) is 14.4. The Balaban J connectivity index is 2.21. The Labute approximate surface area is 201 Å². The highest BCUT2D eigenvalue weighted by Gasteiger charge is 2.28. The van der Waals surface area contributed by atoms with E-state index in [0.717, 1.165) is 31.2 Å². The molecule has 0 fully saturated rings. The van der Waals surface area contributed by atoms with Crippen LogP contribution >= 0.6 is 0 Å². The Morgan fingerprint density at radius 2 is 0.969 bits per heavy atom. The van der Waals surface area contributed by atoms with Crippen LogP contribution in [0.4, 0.5) is 0 Å². The molecule has 2 nitrogen and oxygen atoms in total. The Bertz CT molecular complexity index is 477. The van der Waals surface area contributed by atoms with E-state index in [2.05, 4.69) is 24.9 Å². The summed E-state index contributed by atoms with van der Waals surface area (Å²) >= 11 is 0. The number of pyridine rings is 1. The monoisotopic (exact) mass is 445 g/mol. The van der Waals surface area contributed by atoms with Crippen LogP contribution in [-0.2, 0) is 5.60 Å². The van der Waals surface area contributed by atoms with Gasteiger partial charge in [-0.1, -0.05) is 148 Å². The maximum absolute atomic E-state index is 11.5. The number of unbranched alkanes of at least 4 members (excludes halogenated alkanes) is 18. The van der Waals surface area contributed by atoms with E-state index in [0.29, 0.717) is 0 Å². The van der Waals surface area contributed by atoms with Crippen molar-refractivity contribution in [2.45, 2.75) is 161 Å². The second-order valence-electron chi connectivity index (χ2n) is 10.1. The molecule has 0 unspecified atom stereocenters. The van der Waals surface area contributed by atoms with Crippen molar-refractivity contribution in [3.05, 3.63) is 30.1 Å². The van der Waals surface area contributed by atoms with Crippen LogP contribution in [-0.4, -0.2) is 10.1 Å². The molecule has 2 heteroatoms. The molecule has 0 radical (unpaired) electrons. The smallest absolute Gasteiger partial charge is 0.0911 e. The van der Waals surface area contributed by atoms with Crippen molar-refractivity contribution in [2.75, 3.05) is 0 Å². The summed E-state index contributed by atoms with van der Waals surface area (Å²) in [4.78, 5) is 4.29. The molecule has 1 heterocycles. The second kappa shape index (κ2) is 20.7. The van der Waals surface area contributed by atoms with E-state index in [1.54, 1.807) is 0 Å². The lowest BCUT2D eigenvalue weighted by Gasteiger charge is -2.29. The van der Waals surface area contributed by atoms with Gasteiger partial charge < -0.3 is 5.11 Å². The van der Waals surface area contributed by atoms with E-state index in [9.17, 15) is 5.11 Å². The predicted molar refractivity (Wildman–Crippen MR) is 141 cm³/mol. The van der Waals surface area contributed by atoms with Gasteiger partial charge in [0.15, 0.2) is 0 Å². The third kappa shape index (κ3) is 15.0. The van der Waals surface area contributed by atoms with Gasteiger partial charge in [0.25, 0.3) is 0 Å². The third-order valence-corrected chi connectivity index (χ3v) is 7.09. The molecule has 0 aromatic carbocycles. The van der Waals surface area contributed by atoms with E-state index in [1.165, 1.54) is 116 Å². The van der Waals surface area contributed by atoms with Crippen LogP contribution in [0.25, 0.3) is 0 Å². The second-order valence-corrected chi connectivity index (χ2v) is 10.1. The lowest BCUT2D eigenvalue weighted by molar-refractivity contribution is 0.0129. The average molecular weight is 446 g/mol. The molecule has 1 N–H and O–H groups in total. The molecule has 32 heavy (non-hydrogen) atoms. The lowest BCUT2D eigenvalue weighted by atomic mass is 9.84. The zero-order chi connectivity index (χ0) is 23.2. The molecular weight excluding hydrogens is 390 g/mol. The Hall–Kier alpha value is -0.890. The fourth-order valence-corrected chi connectivity index (χ4v) is 4.86. The first-order valence-corrected chi connectivity index (χ1v) is 14.4. The van der Waals surface area contributed by atoms with Crippen molar-refractivity contribution in [3.63, 3.8) is 0 Å². The van der Waals surface area contributed by atoms with E-state index in [-0.39, 0.29) is 0 Å². The average Bonchev–Trinajstić information content (AvgIpc) is 2.82. The fourth-order valence-electron chi connectivity index (χ4n) is 4.86. The molecule has 0 aliphatic rings. The Morgan fingerprint density at radius 1 is 0.594 bits per heavy atom. The highest BCUT2D eigenvalue weighted by molar-refractivity contribution is 5.17. The van der Waals surface area contributed by atoms with Crippen LogP contribution in [0.2, 0.25) is 0 Å². The summed E-state index contributed by atoms with van der Waals surface area (Å²) in [5, 5.41) is 11.5. The minimum atomic E-state index is -0.686. The van der Waals surface area contributed by atoms with Crippen molar-refractivity contribution < 1.29 is 5.11 Å². The molecule has 0 saturated heterocycles. The van der Waals surface area contributed by atoms with Crippen LogP contribution in [0, 0.1) is 0 Å². The van der Waals surface area contributed by atoms with E-state index in [1.807, 2.05) is 18.5 Å². The van der Waals surface area contributed by atoms with Gasteiger partial charge in [0, 0.05) is 18.0 Å². The number of rotatable bonds is 23. The Kier molecular flexibility index (Phi) is 18.8. The van der Waals surface area contributed by atoms with Gasteiger partial charge in [0.1, 0.15) is 0 Å². The normalized spacial score (nSPS) is 11.8. The molecule has 0 bridgehead atoms. The molecule has 1 aromatic heterocycles. The summed E-state index contributed by atoms with van der Waals surface area (Å²) in [5.74, 6) is 0. The SMILES string of the molecule is CCCCCCCCCCCCC(O)(CCCCCCCCCCCC)c1cccnc1. The van der Waals surface area contributed by atoms with Gasteiger partial charge in [-0.05, 0) is 18.9 Å². The van der Waals surface area contributed by atoms with E-state index in [4.69, 9.17) is 0 Å². The van der Waals surface area contributed by atoms with Gasteiger partial charge in [0.2, 0.25) is 0 Å². The van der Waals surface area contributed by atoms with Crippen molar-refractivity contribution in [1.29, 1.82) is 0 Å². The molecule has 0 spiro atoms. The molecule has 0 saturated carbocycles. The molecule has 1 rings (SSSR count). The molecule has 0 aliphatic heterocycles. The maximum atomic E-state index is 11.5. The summed E-state index contributed by atoms with van der Waals surface area (Å²) in [7, 11) is 0. The number of hydrogen-bond donors (Lipinski definition) is 1. The molecule has 0 atom stereocenters. The molecule has 0 aliphatic carbocycles. The van der Waals surface area contributed by atoms with Gasteiger partial charge in [-0.2, -0.15) is 0 Å². The Morgan fingerprint density at radius 3 is 1.31 bits per heavy atom. The highest BCUT2D eigenvalue weighted by Crippen LogP contribution is 2.33. The van der Waals surface area contributed by atoms with Gasteiger partial charge in [0.05, 0.1) is 5.60 Å². The summed E-state index contributed by atoms with van der Waals surface area (Å²) in [6.45, 7) is 4.56. The third-order valence-electron chi connectivity index (χ3n) is 7.09. The number of hydrogen-bond acceptors (Lipinski definition) is 2. The van der Waals surface area contributed by atoms with Gasteiger partial charge in [-0.25, -0.2) is 0 Å². The van der Waals surface area contributed by atoms with Gasteiger partial charge in [-0.3, -0.25) is 4.98 Å². The number of aromatic nitrogens is 1. The van der Waals surface area contributed by atoms with Crippen LogP contribution in [0.5, 0.6) is 0 Å². The van der Waals surface area contributed by atoms with Crippen molar-refractivity contribution in [2.24, 2.45) is 0 Å². The van der Waals surface area contributed by atoms with Gasteiger partial charge >= 0.3 is 0 Å². The molecule has 186 valence electrons. The van der Waals surface area contributed by atoms with Gasteiger partial charge in [-0.15, -0.1) is 0 Å². The van der Waals surface area contributed by atoms with Crippen molar-refractivity contribution in [3.8, 4) is 0 Å². The zero-order valence-corrected chi connectivity index (χ0v) is 21.8. The van der Waals surface area contributed by atoms with Crippen LogP contribution < -0.4 is 0 Å². The van der Waals surface area contributed by atoms with Crippen LogP contribution in [0.15, 0.2) is 24.5 Å². The standard InChI is InChI=1S/C30H55NO/c1-3-5-7-9-11-13-15-17-19-21-25-30(32,29-24-23-27-31-28-29)26-22-20-18-16-14-12-10-8-6-4-2/h23-24,27-28,32H,3-22,25-26H2,1-2H3. The fraction of sp³-hybridized carbons (Fsp3) is 0.833. The van der Waals surface area contributed by atoms with Crippen molar-refractivity contribution >= 4 is 0 Å². The molecule has 0 amide bonds. The number of aliphatic hydroxyl groups is 1. The summed E-state index contributed by atoms with van der Waals surface area (Å²) in [6, 6.07) is 4.04. The zero-order valence-electron chi connectivity index (χ0n) is 21.8. The minimum Gasteiger partial charge on any atom is -0.385 e. The quantitative estimate of drug-likeness (QED) is 0.170. The maximum Gasteiger partial charge on any atom is 0.0911 e. The van der Waals surface area contributed by atoms with Crippen LogP contribution in [0.1, 0.15) is 161 Å². The predicted octanol–water partition coefficient (Wildman–Crippen LogP) is 9.89.